The highest BCUT2D eigenvalue weighted by molar-refractivity contribution is 6.00. The zero-order chi connectivity index (χ0) is 10.8. The number of rotatable bonds is 1. The van der Waals surface area contributed by atoms with Crippen LogP contribution in [-0.4, -0.2) is 5.84 Å². The van der Waals surface area contributed by atoms with E-state index in [-0.39, 0.29) is 0 Å². The summed E-state index contributed by atoms with van der Waals surface area (Å²) in [5.41, 5.74) is 7.74. The molecule has 3 heteroatoms. The summed E-state index contributed by atoms with van der Waals surface area (Å²) in [7, 11) is 0. The van der Waals surface area contributed by atoms with Crippen LogP contribution in [0.25, 0.3) is 10.8 Å². The Morgan fingerprint density at radius 2 is 1.73 bits per heavy atom. The van der Waals surface area contributed by atoms with Gasteiger partial charge in [0.25, 0.3) is 0 Å². The highest BCUT2D eigenvalue weighted by Crippen LogP contribution is 2.17. The molecule has 2 aromatic carbocycles. The molecule has 0 unspecified atom stereocenters. The number of fused-ring (bicyclic) bond motifs is 1. The van der Waals surface area contributed by atoms with Crippen molar-refractivity contribution in [1.82, 2.24) is 0 Å². The van der Waals surface area contributed by atoms with Crippen LogP contribution in [0.15, 0.2) is 41.5 Å². The molecule has 0 spiro atoms. The molecular weight excluding hydrogens is 186 g/mol. The molecule has 0 aliphatic rings. The second-order valence-corrected chi connectivity index (χ2v) is 3.58. The van der Waals surface area contributed by atoms with E-state index >= 15 is 0 Å². The number of nitrogens with two attached hydrogens (primary N) is 2. The molecule has 0 radical (unpaired) electrons. The van der Waals surface area contributed by atoms with Gasteiger partial charge in [0.05, 0.1) is 0 Å². The number of benzene rings is 2. The summed E-state index contributed by atoms with van der Waals surface area (Å²) in [5, 5.41) is 5.82. The minimum Gasteiger partial charge on any atom is -0.382 e. The summed E-state index contributed by atoms with van der Waals surface area (Å²) in [5.74, 6) is 5.49. The molecule has 4 N–H and O–H groups in total. The minimum absolute atomic E-state index is 0.359. The molecule has 0 saturated heterocycles. The molecule has 0 amide bonds. The molecule has 0 aromatic heterocycles. The first-order valence-electron chi connectivity index (χ1n) is 4.75. The second kappa shape index (κ2) is 3.61. The Balaban J connectivity index is 2.62. The van der Waals surface area contributed by atoms with E-state index in [9.17, 15) is 0 Å². The van der Waals surface area contributed by atoms with Crippen LogP contribution in [0.2, 0.25) is 0 Å². The number of hydrogen-bond donors (Lipinski definition) is 2. The summed E-state index contributed by atoms with van der Waals surface area (Å²) in [4.78, 5) is 0. The Morgan fingerprint density at radius 1 is 1.07 bits per heavy atom. The second-order valence-electron chi connectivity index (χ2n) is 3.58. The SMILES string of the molecule is Cc1ccc2cc(/C(N)=N/N)ccc2c1. The third-order valence-electron chi connectivity index (χ3n) is 2.43. The molecule has 0 saturated carbocycles. The first-order valence-corrected chi connectivity index (χ1v) is 4.75. The van der Waals surface area contributed by atoms with Crippen LogP contribution in [0.1, 0.15) is 11.1 Å². The minimum atomic E-state index is 0.359. The lowest BCUT2D eigenvalue weighted by Crippen LogP contribution is -2.15. The van der Waals surface area contributed by atoms with Crippen LogP contribution in [-0.2, 0) is 0 Å². The average molecular weight is 199 g/mol. The fourth-order valence-corrected chi connectivity index (χ4v) is 1.60. The number of amidine groups is 1. The van der Waals surface area contributed by atoms with Gasteiger partial charge in [-0.2, -0.15) is 5.10 Å². The zero-order valence-electron chi connectivity index (χ0n) is 8.57. The van der Waals surface area contributed by atoms with Gasteiger partial charge < -0.3 is 11.6 Å². The van der Waals surface area contributed by atoms with Gasteiger partial charge in [-0.1, -0.05) is 35.9 Å². The Hall–Kier alpha value is -2.03. The maximum Gasteiger partial charge on any atom is 0.150 e. The van der Waals surface area contributed by atoms with Crippen molar-refractivity contribution in [2.75, 3.05) is 0 Å². The molecule has 2 rings (SSSR count). The number of nitrogens with zero attached hydrogens (tertiary/aromatic N) is 1. The van der Waals surface area contributed by atoms with Crippen LogP contribution in [0, 0.1) is 6.92 Å². The highest BCUT2D eigenvalue weighted by atomic mass is 15.1. The average Bonchev–Trinajstić information content (AvgIpc) is 2.27. The lowest BCUT2D eigenvalue weighted by Gasteiger charge is -2.03. The van der Waals surface area contributed by atoms with Gasteiger partial charge in [-0.15, -0.1) is 0 Å². The van der Waals surface area contributed by atoms with Gasteiger partial charge in [0.1, 0.15) is 5.84 Å². The topological polar surface area (TPSA) is 64.4 Å². The molecule has 76 valence electrons. The molecule has 2 aromatic rings. The van der Waals surface area contributed by atoms with Crippen molar-refractivity contribution in [2.24, 2.45) is 16.7 Å². The van der Waals surface area contributed by atoms with Crippen molar-refractivity contribution in [3.8, 4) is 0 Å². The van der Waals surface area contributed by atoms with E-state index in [4.69, 9.17) is 11.6 Å². The Kier molecular flexibility index (Phi) is 2.29. The van der Waals surface area contributed by atoms with Gasteiger partial charge in [-0.05, 0) is 23.8 Å². The first-order chi connectivity index (χ1) is 7.20. The van der Waals surface area contributed by atoms with E-state index in [1.165, 1.54) is 10.9 Å². The largest absolute Gasteiger partial charge is 0.382 e. The predicted molar refractivity (Wildman–Crippen MR) is 63.6 cm³/mol. The van der Waals surface area contributed by atoms with Crippen LogP contribution in [0.5, 0.6) is 0 Å². The van der Waals surface area contributed by atoms with E-state index in [2.05, 4.69) is 30.2 Å². The lowest BCUT2D eigenvalue weighted by atomic mass is 10.0. The van der Waals surface area contributed by atoms with Crippen molar-refractivity contribution in [3.63, 3.8) is 0 Å². The van der Waals surface area contributed by atoms with E-state index in [1.807, 2.05) is 18.2 Å². The van der Waals surface area contributed by atoms with Crippen LogP contribution in [0.4, 0.5) is 0 Å². The summed E-state index contributed by atoms with van der Waals surface area (Å²) >= 11 is 0. The monoisotopic (exact) mass is 199 g/mol. The maximum atomic E-state index is 5.64. The van der Waals surface area contributed by atoms with Crippen molar-refractivity contribution < 1.29 is 0 Å². The molecule has 0 heterocycles. The fraction of sp³-hybridized carbons (Fsp3) is 0.0833. The molecular formula is C12H13N3. The maximum absolute atomic E-state index is 5.64. The van der Waals surface area contributed by atoms with Crippen LogP contribution >= 0.6 is 0 Å². The van der Waals surface area contributed by atoms with Gasteiger partial charge >= 0.3 is 0 Å². The molecule has 0 atom stereocenters. The molecule has 0 fully saturated rings. The smallest absolute Gasteiger partial charge is 0.150 e. The van der Waals surface area contributed by atoms with Gasteiger partial charge in [0.15, 0.2) is 0 Å². The molecule has 0 bridgehead atoms. The van der Waals surface area contributed by atoms with Gasteiger partial charge in [-0.25, -0.2) is 0 Å². The molecule has 15 heavy (non-hydrogen) atoms. The lowest BCUT2D eigenvalue weighted by molar-refractivity contribution is 1.23. The third-order valence-corrected chi connectivity index (χ3v) is 2.43. The summed E-state index contributed by atoms with van der Waals surface area (Å²) in [6.07, 6.45) is 0. The zero-order valence-corrected chi connectivity index (χ0v) is 8.57. The summed E-state index contributed by atoms with van der Waals surface area (Å²) in [6.45, 7) is 2.07. The fourth-order valence-electron chi connectivity index (χ4n) is 1.60. The Morgan fingerprint density at radius 3 is 2.47 bits per heavy atom. The highest BCUT2D eigenvalue weighted by Gasteiger charge is 2.00. The van der Waals surface area contributed by atoms with Crippen molar-refractivity contribution in [3.05, 3.63) is 47.5 Å². The predicted octanol–water partition coefficient (Wildman–Crippen LogP) is 1.73. The van der Waals surface area contributed by atoms with Crippen molar-refractivity contribution >= 4 is 16.6 Å². The van der Waals surface area contributed by atoms with Gasteiger partial charge in [0, 0.05) is 5.56 Å². The van der Waals surface area contributed by atoms with Crippen LogP contribution < -0.4 is 11.6 Å². The number of hydrogen-bond acceptors (Lipinski definition) is 2. The first kappa shape index (κ1) is 9.52. The number of aryl methyl sites for hydroxylation is 1. The van der Waals surface area contributed by atoms with Gasteiger partial charge in [0.2, 0.25) is 0 Å². The molecule has 3 nitrogen and oxygen atoms in total. The third kappa shape index (κ3) is 1.76. The van der Waals surface area contributed by atoms with Gasteiger partial charge in [-0.3, -0.25) is 0 Å². The van der Waals surface area contributed by atoms with E-state index in [0.717, 1.165) is 10.9 Å². The summed E-state index contributed by atoms with van der Waals surface area (Å²) in [6, 6.07) is 12.2. The summed E-state index contributed by atoms with van der Waals surface area (Å²) < 4.78 is 0. The molecule has 0 aliphatic heterocycles. The standard InChI is InChI=1S/C12H13N3/c1-8-2-3-10-7-11(12(13)15-14)5-4-9(10)6-8/h2-7H,14H2,1H3,(H2,13,15). The Labute approximate surface area is 88.4 Å². The van der Waals surface area contributed by atoms with E-state index in [1.54, 1.807) is 0 Å². The Bertz CT molecular complexity index is 529. The van der Waals surface area contributed by atoms with Crippen molar-refractivity contribution in [2.45, 2.75) is 6.92 Å². The normalized spacial score (nSPS) is 11.9. The van der Waals surface area contributed by atoms with E-state index in [0.29, 0.717) is 5.84 Å². The van der Waals surface area contributed by atoms with E-state index < -0.39 is 0 Å². The quantitative estimate of drug-likeness (QED) is 0.318. The van der Waals surface area contributed by atoms with Crippen LogP contribution in [0.3, 0.4) is 0 Å². The molecule has 0 aliphatic carbocycles. The number of hydrazone groups is 1. The van der Waals surface area contributed by atoms with Crippen molar-refractivity contribution in [1.29, 1.82) is 0 Å².